The quantitative estimate of drug-likeness (QED) is 0.841. The predicted octanol–water partition coefficient (Wildman–Crippen LogP) is 2.57. The van der Waals surface area contributed by atoms with Crippen LogP contribution in [-0.2, 0) is 16.1 Å². The van der Waals surface area contributed by atoms with Crippen LogP contribution in [0.15, 0.2) is 48.5 Å². The summed E-state index contributed by atoms with van der Waals surface area (Å²) >= 11 is 0. The molecule has 2 unspecified atom stereocenters. The summed E-state index contributed by atoms with van der Waals surface area (Å²) in [4.78, 5) is 29.0. The lowest BCUT2D eigenvalue weighted by Crippen LogP contribution is -2.49. The van der Waals surface area contributed by atoms with E-state index in [1.165, 1.54) is 24.3 Å². The maximum absolute atomic E-state index is 13.1. The van der Waals surface area contributed by atoms with E-state index in [9.17, 15) is 18.4 Å². The van der Waals surface area contributed by atoms with Crippen LogP contribution >= 0.6 is 0 Å². The van der Waals surface area contributed by atoms with Crippen LogP contribution in [0.5, 0.6) is 0 Å². The highest BCUT2D eigenvalue weighted by Gasteiger charge is 2.49. The van der Waals surface area contributed by atoms with Gasteiger partial charge < -0.3 is 15.1 Å². The van der Waals surface area contributed by atoms with Gasteiger partial charge in [0.1, 0.15) is 11.6 Å². The number of rotatable bonds is 5. The molecular formula is C22H23F2N3O2. The Morgan fingerprint density at radius 1 is 0.862 bits per heavy atom. The molecule has 0 aromatic heterocycles. The summed E-state index contributed by atoms with van der Waals surface area (Å²) in [5.74, 6) is -1.20. The fraction of sp³-hybridized carbons (Fsp3) is 0.364. The molecule has 1 saturated heterocycles. The van der Waals surface area contributed by atoms with Crippen LogP contribution in [0.4, 0.5) is 14.5 Å². The molecule has 4 rings (SSSR count). The molecule has 2 amide bonds. The standard InChI is InChI=1S/C22H23F2N3O2/c23-16-3-1-15(2-4-16)14-25-21(28)19-13-20(19)22(29)27-11-9-26(10-12-27)18-7-5-17(24)6-8-18/h1-8,19-20H,9-14H2,(H,25,28). The van der Waals surface area contributed by atoms with E-state index in [1.807, 2.05) is 4.90 Å². The highest BCUT2D eigenvalue weighted by molar-refractivity contribution is 5.92. The molecule has 2 atom stereocenters. The fourth-order valence-corrected chi connectivity index (χ4v) is 3.75. The Labute approximate surface area is 168 Å². The Morgan fingerprint density at radius 2 is 1.45 bits per heavy atom. The van der Waals surface area contributed by atoms with E-state index in [2.05, 4.69) is 10.2 Å². The van der Waals surface area contributed by atoms with Gasteiger partial charge in [-0.05, 0) is 48.4 Å². The van der Waals surface area contributed by atoms with E-state index in [1.54, 1.807) is 24.3 Å². The summed E-state index contributed by atoms with van der Waals surface area (Å²) in [6.45, 7) is 2.89. The minimum atomic E-state index is -0.313. The molecule has 0 bridgehead atoms. The first-order valence-electron chi connectivity index (χ1n) is 9.83. The number of anilines is 1. The minimum absolute atomic E-state index is 0.0330. The second-order valence-corrected chi connectivity index (χ2v) is 7.58. The maximum atomic E-state index is 13.1. The van der Waals surface area contributed by atoms with Gasteiger partial charge in [-0.2, -0.15) is 0 Å². The van der Waals surface area contributed by atoms with Crippen LogP contribution < -0.4 is 10.2 Å². The van der Waals surface area contributed by atoms with Crippen molar-refractivity contribution in [3.8, 4) is 0 Å². The molecule has 5 nitrogen and oxygen atoms in total. The second kappa shape index (κ2) is 8.19. The molecular weight excluding hydrogens is 376 g/mol. The monoisotopic (exact) mass is 399 g/mol. The lowest BCUT2D eigenvalue weighted by molar-refractivity contribution is -0.135. The first kappa shape index (κ1) is 19.4. The summed E-state index contributed by atoms with van der Waals surface area (Å²) in [5, 5.41) is 2.83. The van der Waals surface area contributed by atoms with Crippen molar-refractivity contribution in [1.29, 1.82) is 0 Å². The van der Waals surface area contributed by atoms with Crippen molar-refractivity contribution in [2.24, 2.45) is 11.8 Å². The minimum Gasteiger partial charge on any atom is -0.368 e. The third-order valence-corrected chi connectivity index (χ3v) is 5.61. The Balaban J connectivity index is 1.23. The zero-order chi connectivity index (χ0) is 20.4. The molecule has 0 radical (unpaired) electrons. The van der Waals surface area contributed by atoms with Crippen molar-refractivity contribution in [3.05, 3.63) is 65.7 Å². The Hall–Kier alpha value is -2.96. The van der Waals surface area contributed by atoms with E-state index in [0.717, 1.165) is 11.3 Å². The van der Waals surface area contributed by atoms with Crippen molar-refractivity contribution in [3.63, 3.8) is 0 Å². The molecule has 1 heterocycles. The van der Waals surface area contributed by atoms with Gasteiger partial charge >= 0.3 is 0 Å². The number of carbonyl (C=O) groups is 2. The average molecular weight is 399 g/mol. The molecule has 2 aromatic rings. The zero-order valence-electron chi connectivity index (χ0n) is 16.0. The summed E-state index contributed by atoms with van der Waals surface area (Å²) < 4.78 is 26.0. The van der Waals surface area contributed by atoms with Crippen LogP contribution in [0.2, 0.25) is 0 Å². The summed E-state index contributed by atoms with van der Waals surface area (Å²) in [6.07, 6.45) is 0.576. The van der Waals surface area contributed by atoms with Crippen LogP contribution in [-0.4, -0.2) is 42.9 Å². The van der Waals surface area contributed by atoms with Crippen LogP contribution in [0, 0.1) is 23.5 Å². The lowest BCUT2D eigenvalue weighted by atomic mass is 10.2. The van der Waals surface area contributed by atoms with E-state index in [4.69, 9.17) is 0 Å². The fourth-order valence-electron chi connectivity index (χ4n) is 3.75. The molecule has 2 fully saturated rings. The number of benzene rings is 2. The summed E-state index contributed by atoms with van der Waals surface area (Å²) in [7, 11) is 0. The molecule has 2 aromatic carbocycles. The number of nitrogens with one attached hydrogen (secondary N) is 1. The van der Waals surface area contributed by atoms with Gasteiger partial charge in [-0.1, -0.05) is 12.1 Å². The van der Waals surface area contributed by atoms with Gasteiger partial charge in [0.25, 0.3) is 0 Å². The second-order valence-electron chi connectivity index (χ2n) is 7.58. The highest BCUT2D eigenvalue weighted by atomic mass is 19.1. The van der Waals surface area contributed by atoms with Gasteiger partial charge in [-0.3, -0.25) is 9.59 Å². The van der Waals surface area contributed by atoms with Crippen molar-refractivity contribution in [1.82, 2.24) is 10.2 Å². The molecule has 1 aliphatic carbocycles. The van der Waals surface area contributed by atoms with Crippen LogP contribution in [0.25, 0.3) is 0 Å². The molecule has 1 aliphatic heterocycles. The molecule has 7 heteroatoms. The van der Waals surface area contributed by atoms with Crippen LogP contribution in [0.3, 0.4) is 0 Å². The predicted molar refractivity (Wildman–Crippen MR) is 105 cm³/mol. The molecule has 29 heavy (non-hydrogen) atoms. The summed E-state index contributed by atoms with van der Waals surface area (Å²) in [5.41, 5.74) is 1.77. The SMILES string of the molecule is O=C(NCc1ccc(F)cc1)C1CC1C(=O)N1CCN(c2ccc(F)cc2)CC1. The van der Waals surface area contributed by atoms with Crippen molar-refractivity contribution >= 4 is 17.5 Å². The number of carbonyl (C=O) groups excluding carboxylic acids is 2. The smallest absolute Gasteiger partial charge is 0.226 e. The van der Waals surface area contributed by atoms with E-state index < -0.39 is 0 Å². The summed E-state index contributed by atoms with van der Waals surface area (Å²) in [6, 6.07) is 12.3. The van der Waals surface area contributed by atoms with Gasteiger partial charge in [0.05, 0.1) is 11.8 Å². The number of piperazine rings is 1. The third kappa shape index (κ3) is 4.55. The first-order chi connectivity index (χ1) is 14.0. The Morgan fingerprint density at radius 3 is 2.07 bits per heavy atom. The van der Waals surface area contributed by atoms with Gasteiger partial charge in [0, 0.05) is 38.4 Å². The first-order valence-corrected chi connectivity index (χ1v) is 9.83. The largest absolute Gasteiger partial charge is 0.368 e. The van der Waals surface area contributed by atoms with Crippen molar-refractivity contribution in [2.45, 2.75) is 13.0 Å². The van der Waals surface area contributed by atoms with E-state index >= 15 is 0 Å². The van der Waals surface area contributed by atoms with Gasteiger partial charge in [-0.15, -0.1) is 0 Å². The maximum Gasteiger partial charge on any atom is 0.226 e. The Kier molecular flexibility index (Phi) is 5.47. The molecule has 152 valence electrons. The molecule has 1 N–H and O–H groups in total. The topological polar surface area (TPSA) is 52.7 Å². The number of hydrogen-bond acceptors (Lipinski definition) is 3. The number of hydrogen-bond donors (Lipinski definition) is 1. The van der Waals surface area contributed by atoms with Gasteiger partial charge in [0.15, 0.2) is 0 Å². The van der Waals surface area contributed by atoms with Gasteiger partial charge in [0.2, 0.25) is 11.8 Å². The molecule has 0 spiro atoms. The number of amides is 2. The lowest BCUT2D eigenvalue weighted by Gasteiger charge is -2.36. The van der Waals surface area contributed by atoms with Gasteiger partial charge in [-0.25, -0.2) is 8.78 Å². The van der Waals surface area contributed by atoms with Crippen LogP contribution in [0.1, 0.15) is 12.0 Å². The highest BCUT2D eigenvalue weighted by Crippen LogP contribution is 2.40. The third-order valence-electron chi connectivity index (χ3n) is 5.61. The van der Waals surface area contributed by atoms with E-state index in [0.29, 0.717) is 39.1 Å². The average Bonchev–Trinajstić information content (AvgIpc) is 3.54. The normalized spacial score (nSPS) is 21.0. The zero-order valence-corrected chi connectivity index (χ0v) is 16.0. The van der Waals surface area contributed by atoms with Crippen molar-refractivity contribution in [2.75, 3.05) is 31.1 Å². The molecule has 1 saturated carbocycles. The van der Waals surface area contributed by atoms with Crippen molar-refractivity contribution < 1.29 is 18.4 Å². The van der Waals surface area contributed by atoms with E-state index in [-0.39, 0.29) is 35.3 Å². The molecule has 2 aliphatic rings. The number of halogens is 2. The number of nitrogens with zero attached hydrogens (tertiary/aromatic N) is 2. The Bertz CT molecular complexity index is 878.